The first-order valence-electron chi connectivity index (χ1n) is 4.41. The average Bonchev–Trinajstić information content (AvgIpc) is 2.24. The number of hydrogen-bond acceptors (Lipinski definition) is 3. The summed E-state index contributed by atoms with van der Waals surface area (Å²) < 4.78 is 5.45. The van der Waals surface area contributed by atoms with E-state index in [2.05, 4.69) is 26.0 Å². The number of rotatable bonds is 3. The Morgan fingerprint density at radius 3 is 2.93 bits per heavy atom. The number of methoxy groups -OCH3 is 1. The van der Waals surface area contributed by atoms with E-state index in [4.69, 9.17) is 0 Å². The lowest BCUT2D eigenvalue weighted by atomic mass is 10.2. The third-order valence-corrected chi connectivity index (χ3v) is 2.90. The molecule has 0 radical (unpaired) electrons. The second-order valence-corrected chi connectivity index (χ2v) is 3.73. The smallest absolute Gasteiger partial charge is 0.331 e. The summed E-state index contributed by atoms with van der Waals surface area (Å²) in [7, 11) is 1.34. The van der Waals surface area contributed by atoms with Gasteiger partial charge < -0.3 is 10.1 Å². The molecule has 1 aromatic carbocycles. The maximum atomic E-state index is 10.8. The zero-order valence-electron chi connectivity index (χ0n) is 8.58. The minimum absolute atomic E-state index is 0.383. The monoisotopic (exact) mass is 269 g/mol. The summed E-state index contributed by atoms with van der Waals surface area (Å²) in [6.45, 7) is 2.00. The maximum absolute atomic E-state index is 10.8. The van der Waals surface area contributed by atoms with Crippen molar-refractivity contribution in [1.29, 1.82) is 0 Å². The summed E-state index contributed by atoms with van der Waals surface area (Å²) in [6.07, 6.45) is 2.88. The molecule has 4 heteroatoms. The van der Waals surface area contributed by atoms with E-state index in [0.717, 1.165) is 15.7 Å². The van der Waals surface area contributed by atoms with Gasteiger partial charge in [-0.05, 0) is 34.5 Å². The van der Waals surface area contributed by atoms with E-state index < -0.39 is 0 Å². The van der Waals surface area contributed by atoms with Crippen LogP contribution in [0.3, 0.4) is 0 Å². The molecule has 0 saturated carbocycles. The molecule has 0 fully saturated rings. The summed E-state index contributed by atoms with van der Waals surface area (Å²) in [6, 6.07) is 5.85. The molecular weight excluding hydrogens is 258 g/mol. The average molecular weight is 270 g/mol. The molecule has 0 aliphatic carbocycles. The van der Waals surface area contributed by atoms with Crippen molar-refractivity contribution in [1.82, 2.24) is 0 Å². The quantitative estimate of drug-likeness (QED) is 0.678. The largest absolute Gasteiger partial charge is 0.466 e. The first-order valence-corrected chi connectivity index (χ1v) is 5.20. The van der Waals surface area contributed by atoms with Gasteiger partial charge in [-0.15, -0.1) is 0 Å². The Kier molecular flexibility index (Phi) is 4.37. The standard InChI is InChI=1S/C11H12BrNO2/c1-8-4-3-5-9(11(8)12)13-7-6-10(14)15-2/h3-7,13H,1-2H3/b7-6+. The molecule has 0 amide bonds. The van der Waals surface area contributed by atoms with Crippen molar-refractivity contribution in [2.75, 3.05) is 12.4 Å². The van der Waals surface area contributed by atoms with Crippen molar-refractivity contribution in [3.63, 3.8) is 0 Å². The first-order chi connectivity index (χ1) is 7.15. The van der Waals surface area contributed by atoms with E-state index in [1.807, 2.05) is 25.1 Å². The van der Waals surface area contributed by atoms with Gasteiger partial charge in [0.15, 0.2) is 0 Å². The highest BCUT2D eigenvalue weighted by molar-refractivity contribution is 9.10. The number of anilines is 1. The minimum atomic E-state index is -0.383. The molecule has 0 aromatic heterocycles. The van der Waals surface area contributed by atoms with E-state index in [-0.39, 0.29) is 5.97 Å². The number of benzene rings is 1. The van der Waals surface area contributed by atoms with Gasteiger partial charge in [0.05, 0.1) is 12.8 Å². The summed E-state index contributed by atoms with van der Waals surface area (Å²) in [5.74, 6) is -0.383. The van der Waals surface area contributed by atoms with Gasteiger partial charge in [-0.2, -0.15) is 0 Å². The third-order valence-electron chi connectivity index (χ3n) is 1.85. The highest BCUT2D eigenvalue weighted by Gasteiger charge is 1.99. The fourth-order valence-corrected chi connectivity index (χ4v) is 1.41. The number of hydrogen-bond donors (Lipinski definition) is 1. The number of nitrogens with one attached hydrogen (secondary N) is 1. The minimum Gasteiger partial charge on any atom is -0.466 e. The zero-order valence-corrected chi connectivity index (χ0v) is 10.2. The first kappa shape index (κ1) is 11.8. The predicted molar refractivity (Wildman–Crippen MR) is 63.7 cm³/mol. The van der Waals surface area contributed by atoms with Gasteiger partial charge in [-0.1, -0.05) is 12.1 Å². The Morgan fingerprint density at radius 2 is 2.27 bits per heavy atom. The van der Waals surface area contributed by atoms with Crippen LogP contribution < -0.4 is 5.32 Å². The van der Waals surface area contributed by atoms with Crippen LogP contribution in [0.4, 0.5) is 5.69 Å². The Bertz CT molecular complexity index is 388. The molecule has 0 aliphatic heterocycles. The van der Waals surface area contributed by atoms with E-state index in [1.165, 1.54) is 13.2 Å². The lowest BCUT2D eigenvalue weighted by molar-refractivity contribution is -0.134. The molecule has 0 heterocycles. The highest BCUT2D eigenvalue weighted by Crippen LogP contribution is 2.25. The molecule has 1 aromatic rings. The van der Waals surface area contributed by atoms with Crippen LogP contribution in [0.1, 0.15) is 5.56 Å². The Morgan fingerprint density at radius 1 is 1.53 bits per heavy atom. The molecule has 1 rings (SSSR count). The second kappa shape index (κ2) is 5.56. The van der Waals surface area contributed by atoms with Crippen LogP contribution in [0.15, 0.2) is 34.9 Å². The van der Waals surface area contributed by atoms with Crippen molar-refractivity contribution in [2.24, 2.45) is 0 Å². The van der Waals surface area contributed by atoms with Gasteiger partial charge in [0.2, 0.25) is 0 Å². The van der Waals surface area contributed by atoms with Crippen LogP contribution in [0.5, 0.6) is 0 Å². The Balaban J connectivity index is 2.70. The Hall–Kier alpha value is -1.29. The summed E-state index contributed by atoms with van der Waals surface area (Å²) in [5.41, 5.74) is 2.04. The molecule has 0 bridgehead atoms. The number of carbonyl (C=O) groups is 1. The van der Waals surface area contributed by atoms with Crippen LogP contribution in [-0.2, 0) is 9.53 Å². The number of esters is 1. The fraction of sp³-hybridized carbons (Fsp3) is 0.182. The number of carbonyl (C=O) groups excluding carboxylic acids is 1. The fourth-order valence-electron chi connectivity index (χ4n) is 1.03. The molecule has 0 aliphatic rings. The van der Waals surface area contributed by atoms with E-state index >= 15 is 0 Å². The molecule has 0 atom stereocenters. The zero-order chi connectivity index (χ0) is 11.3. The van der Waals surface area contributed by atoms with Crippen LogP contribution >= 0.6 is 15.9 Å². The van der Waals surface area contributed by atoms with Gasteiger partial charge >= 0.3 is 5.97 Å². The molecule has 80 valence electrons. The molecule has 0 unspecified atom stereocenters. The van der Waals surface area contributed by atoms with Gasteiger partial charge in [0.1, 0.15) is 0 Å². The van der Waals surface area contributed by atoms with Crippen LogP contribution in [0.2, 0.25) is 0 Å². The molecule has 3 nitrogen and oxygen atoms in total. The highest BCUT2D eigenvalue weighted by atomic mass is 79.9. The van der Waals surface area contributed by atoms with Gasteiger partial charge in [-0.25, -0.2) is 4.79 Å². The van der Waals surface area contributed by atoms with Crippen molar-refractivity contribution < 1.29 is 9.53 Å². The van der Waals surface area contributed by atoms with Crippen molar-refractivity contribution in [2.45, 2.75) is 6.92 Å². The Labute approximate surface area is 97.3 Å². The summed E-state index contributed by atoms with van der Waals surface area (Å²) in [4.78, 5) is 10.8. The third kappa shape index (κ3) is 3.40. The normalized spacial score (nSPS) is 10.3. The van der Waals surface area contributed by atoms with Crippen LogP contribution in [0, 0.1) is 6.92 Å². The summed E-state index contributed by atoms with van der Waals surface area (Å²) >= 11 is 3.45. The van der Waals surface area contributed by atoms with Crippen molar-refractivity contribution >= 4 is 27.6 Å². The number of halogens is 1. The van der Waals surface area contributed by atoms with E-state index in [9.17, 15) is 4.79 Å². The van der Waals surface area contributed by atoms with E-state index in [1.54, 1.807) is 6.20 Å². The van der Waals surface area contributed by atoms with E-state index in [0.29, 0.717) is 0 Å². The number of aryl methyl sites for hydroxylation is 1. The van der Waals surface area contributed by atoms with Gasteiger partial charge in [0.25, 0.3) is 0 Å². The van der Waals surface area contributed by atoms with Gasteiger partial charge in [0, 0.05) is 16.7 Å². The maximum Gasteiger partial charge on any atom is 0.331 e. The SMILES string of the molecule is COC(=O)/C=C/Nc1cccc(C)c1Br. The van der Waals surface area contributed by atoms with Crippen molar-refractivity contribution in [3.05, 3.63) is 40.5 Å². The molecule has 15 heavy (non-hydrogen) atoms. The molecule has 0 saturated heterocycles. The summed E-state index contributed by atoms with van der Waals surface area (Å²) in [5, 5.41) is 2.99. The predicted octanol–water partition coefficient (Wildman–Crippen LogP) is 2.86. The topological polar surface area (TPSA) is 38.3 Å². The van der Waals surface area contributed by atoms with Crippen molar-refractivity contribution in [3.8, 4) is 0 Å². The molecule has 0 spiro atoms. The van der Waals surface area contributed by atoms with Crippen LogP contribution in [0.25, 0.3) is 0 Å². The molecule has 1 N–H and O–H groups in total. The molecular formula is C11H12BrNO2. The van der Waals surface area contributed by atoms with Crippen LogP contribution in [-0.4, -0.2) is 13.1 Å². The second-order valence-electron chi connectivity index (χ2n) is 2.94. The lowest BCUT2D eigenvalue weighted by Gasteiger charge is -2.05. The van der Waals surface area contributed by atoms with Gasteiger partial charge in [-0.3, -0.25) is 0 Å². The number of ether oxygens (including phenoxy) is 1. The lowest BCUT2D eigenvalue weighted by Crippen LogP contribution is -1.97.